The maximum absolute atomic E-state index is 11.9. The molecule has 5 nitrogen and oxygen atoms in total. The molecule has 0 atom stereocenters. The molecule has 0 aliphatic heterocycles. The molecule has 106 valence electrons. The second-order valence-corrected chi connectivity index (χ2v) is 5.89. The molecule has 0 aliphatic carbocycles. The standard InChI is InChI=1S/C11H23N3O2S2/c1-4-6-8-17-14(18-9-7-5-2)11(15)13-10(12)16-3/h4-9H2,1-3H3,(H2,12,13,15). The van der Waals surface area contributed by atoms with Gasteiger partial charge in [0.2, 0.25) is 0 Å². The average Bonchev–Trinajstić information content (AvgIpc) is 2.37. The molecular weight excluding hydrogens is 270 g/mol. The van der Waals surface area contributed by atoms with Crippen molar-refractivity contribution in [1.82, 2.24) is 9.03 Å². The molecular formula is C11H23N3O2S2. The van der Waals surface area contributed by atoms with Crippen LogP contribution in [-0.2, 0) is 4.74 Å². The molecule has 0 aliphatic rings. The number of rotatable bonds is 8. The van der Waals surface area contributed by atoms with Crippen LogP contribution in [0, 0.1) is 5.41 Å². The van der Waals surface area contributed by atoms with E-state index in [0.29, 0.717) is 0 Å². The Hall–Kier alpha value is -0.560. The number of urea groups is 1. The van der Waals surface area contributed by atoms with Crippen LogP contribution in [0.4, 0.5) is 4.79 Å². The Morgan fingerprint density at radius 1 is 1.22 bits per heavy atom. The van der Waals surface area contributed by atoms with Gasteiger partial charge in [0.1, 0.15) is 0 Å². The van der Waals surface area contributed by atoms with Gasteiger partial charge >= 0.3 is 6.03 Å². The first kappa shape index (κ1) is 17.4. The molecule has 0 spiro atoms. The zero-order valence-electron chi connectivity index (χ0n) is 11.3. The molecule has 7 heteroatoms. The smallest absolute Gasteiger partial charge is 0.345 e. The number of hydrogen-bond donors (Lipinski definition) is 2. The molecule has 0 aromatic heterocycles. The number of hydrogen-bond acceptors (Lipinski definition) is 5. The Bertz CT molecular complexity index is 242. The van der Waals surface area contributed by atoms with Crippen LogP contribution in [0.25, 0.3) is 0 Å². The number of amides is 2. The lowest BCUT2D eigenvalue weighted by molar-refractivity contribution is 0.239. The van der Waals surface area contributed by atoms with E-state index in [2.05, 4.69) is 23.9 Å². The first-order valence-electron chi connectivity index (χ1n) is 6.15. The number of nitrogens with zero attached hydrogens (tertiary/aromatic N) is 1. The molecule has 0 bridgehead atoms. The molecule has 0 fully saturated rings. The van der Waals surface area contributed by atoms with E-state index < -0.39 is 0 Å². The number of amidine groups is 1. The van der Waals surface area contributed by atoms with E-state index in [1.165, 1.54) is 31.0 Å². The van der Waals surface area contributed by atoms with Gasteiger partial charge in [0.25, 0.3) is 6.02 Å². The topological polar surface area (TPSA) is 65.4 Å². The molecule has 2 amide bonds. The average molecular weight is 293 g/mol. The lowest BCUT2D eigenvalue weighted by atomic mass is 10.4. The maximum Gasteiger partial charge on any atom is 0.345 e. The van der Waals surface area contributed by atoms with Gasteiger partial charge in [0.15, 0.2) is 0 Å². The highest BCUT2D eigenvalue weighted by Crippen LogP contribution is 2.23. The fourth-order valence-corrected chi connectivity index (χ4v) is 3.17. The molecule has 0 unspecified atom stereocenters. The quantitative estimate of drug-likeness (QED) is 0.311. The van der Waals surface area contributed by atoms with E-state index in [4.69, 9.17) is 5.41 Å². The number of carbonyl (C=O) groups is 1. The van der Waals surface area contributed by atoms with Gasteiger partial charge < -0.3 is 4.74 Å². The number of nitrogens with one attached hydrogen (secondary N) is 2. The van der Waals surface area contributed by atoms with Crippen LogP contribution >= 0.6 is 23.9 Å². The van der Waals surface area contributed by atoms with E-state index >= 15 is 0 Å². The van der Waals surface area contributed by atoms with Crippen LogP contribution < -0.4 is 5.32 Å². The minimum atomic E-state index is -0.302. The van der Waals surface area contributed by atoms with Crippen molar-refractivity contribution in [3.63, 3.8) is 0 Å². The highest BCUT2D eigenvalue weighted by Gasteiger charge is 2.16. The van der Waals surface area contributed by atoms with Crippen molar-refractivity contribution in [2.45, 2.75) is 39.5 Å². The predicted octanol–water partition coefficient (Wildman–Crippen LogP) is 3.48. The third-order valence-electron chi connectivity index (χ3n) is 2.00. The van der Waals surface area contributed by atoms with E-state index in [1.54, 1.807) is 3.71 Å². The number of ether oxygens (including phenoxy) is 1. The van der Waals surface area contributed by atoms with Crippen LogP contribution in [0.1, 0.15) is 39.5 Å². The molecule has 0 aromatic carbocycles. The van der Waals surface area contributed by atoms with Gasteiger partial charge in [-0.15, -0.1) is 0 Å². The van der Waals surface area contributed by atoms with Gasteiger partial charge in [-0.3, -0.25) is 10.7 Å². The molecule has 0 heterocycles. The van der Waals surface area contributed by atoms with Crippen molar-refractivity contribution in [2.24, 2.45) is 0 Å². The maximum atomic E-state index is 11.9. The molecule has 18 heavy (non-hydrogen) atoms. The van der Waals surface area contributed by atoms with Gasteiger partial charge in [-0.2, -0.15) is 0 Å². The molecule has 0 saturated carbocycles. The number of methoxy groups -OCH3 is 1. The summed E-state index contributed by atoms with van der Waals surface area (Å²) < 4.78 is 6.24. The molecule has 0 aromatic rings. The Labute approximate surface area is 118 Å². The van der Waals surface area contributed by atoms with Crippen molar-refractivity contribution >= 4 is 35.9 Å². The van der Waals surface area contributed by atoms with Crippen molar-refractivity contribution < 1.29 is 9.53 Å². The Kier molecular flexibility index (Phi) is 11.2. The fraction of sp³-hybridized carbons (Fsp3) is 0.818. The summed E-state index contributed by atoms with van der Waals surface area (Å²) in [4.78, 5) is 11.9. The number of unbranched alkanes of at least 4 members (excludes halogenated alkanes) is 2. The second-order valence-electron chi connectivity index (χ2n) is 3.59. The summed E-state index contributed by atoms with van der Waals surface area (Å²) in [5, 5.41) is 9.68. The highest BCUT2D eigenvalue weighted by molar-refractivity contribution is 8.12. The van der Waals surface area contributed by atoms with E-state index in [0.717, 1.165) is 37.2 Å². The zero-order chi connectivity index (χ0) is 13.8. The third-order valence-corrected chi connectivity index (χ3v) is 4.38. The van der Waals surface area contributed by atoms with Crippen LogP contribution in [-0.4, -0.2) is 34.4 Å². The Morgan fingerprint density at radius 3 is 2.11 bits per heavy atom. The highest BCUT2D eigenvalue weighted by atomic mass is 32.2. The Balaban J connectivity index is 4.15. The van der Waals surface area contributed by atoms with E-state index in [9.17, 15) is 4.79 Å². The van der Waals surface area contributed by atoms with E-state index in [-0.39, 0.29) is 12.1 Å². The molecule has 0 radical (unpaired) electrons. The first-order chi connectivity index (χ1) is 8.65. The summed E-state index contributed by atoms with van der Waals surface area (Å²) in [6.07, 6.45) is 4.36. The lowest BCUT2D eigenvalue weighted by Crippen LogP contribution is -2.37. The van der Waals surface area contributed by atoms with Gasteiger partial charge in [-0.25, -0.2) is 8.51 Å². The van der Waals surface area contributed by atoms with Crippen molar-refractivity contribution in [3.8, 4) is 0 Å². The zero-order valence-corrected chi connectivity index (χ0v) is 13.0. The molecule has 0 saturated heterocycles. The summed E-state index contributed by atoms with van der Waals surface area (Å²) in [6.45, 7) is 4.24. The summed E-state index contributed by atoms with van der Waals surface area (Å²) in [7, 11) is 1.36. The van der Waals surface area contributed by atoms with Crippen LogP contribution in [0.5, 0.6) is 0 Å². The SMILES string of the molecule is CCCCSN(SCCCC)C(=O)NC(=N)OC. The van der Waals surface area contributed by atoms with Crippen LogP contribution in [0.3, 0.4) is 0 Å². The van der Waals surface area contributed by atoms with Crippen LogP contribution in [0.15, 0.2) is 0 Å². The predicted molar refractivity (Wildman–Crippen MR) is 79.8 cm³/mol. The van der Waals surface area contributed by atoms with Crippen molar-refractivity contribution in [2.75, 3.05) is 18.6 Å². The minimum absolute atomic E-state index is 0.225. The van der Waals surface area contributed by atoms with Crippen molar-refractivity contribution in [1.29, 1.82) is 5.41 Å². The monoisotopic (exact) mass is 293 g/mol. The van der Waals surface area contributed by atoms with E-state index in [1.807, 2.05) is 0 Å². The van der Waals surface area contributed by atoms with Gasteiger partial charge in [0, 0.05) is 11.5 Å². The third kappa shape index (κ3) is 8.52. The molecule has 0 rings (SSSR count). The summed E-state index contributed by atoms with van der Waals surface area (Å²) in [6, 6.07) is -0.527. The summed E-state index contributed by atoms with van der Waals surface area (Å²) >= 11 is 2.98. The normalized spacial score (nSPS) is 9.94. The number of carbonyl (C=O) groups excluding carboxylic acids is 1. The van der Waals surface area contributed by atoms with Gasteiger partial charge in [-0.1, -0.05) is 26.7 Å². The lowest BCUT2D eigenvalue weighted by Gasteiger charge is -2.19. The molecule has 2 N–H and O–H groups in total. The minimum Gasteiger partial charge on any atom is -0.468 e. The van der Waals surface area contributed by atoms with Gasteiger partial charge in [0.05, 0.1) is 7.11 Å². The van der Waals surface area contributed by atoms with Gasteiger partial charge in [-0.05, 0) is 36.7 Å². The summed E-state index contributed by atoms with van der Waals surface area (Å²) in [5.41, 5.74) is 0. The first-order valence-corrected chi connectivity index (χ1v) is 8.03. The second kappa shape index (κ2) is 11.5. The summed E-state index contributed by atoms with van der Waals surface area (Å²) in [5.74, 6) is 1.81. The van der Waals surface area contributed by atoms with Crippen LogP contribution in [0.2, 0.25) is 0 Å². The largest absolute Gasteiger partial charge is 0.468 e. The van der Waals surface area contributed by atoms with Crippen molar-refractivity contribution in [3.05, 3.63) is 0 Å². The Morgan fingerprint density at radius 2 is 1.72 bits per heavy atom. The fourth-order valence-electron chi connectivity index (χ4n) is 0.932.